The molecule has 2 aromatic rings. The van der Waals surface area contributed by atoms with Gasteiger partial charge < -0.3 is 14.6 Å². The second-order valence-electron chi connectivity index (χ2n) is 5.37. The van der Waals surface area contributed by atoms with Gasteiger partial charge in [0.25, 0.3) is 0 Å². The summed E-state index contributed by atoms with van der Waals surface area (Å²) >= 11 is 0. The molecular formula is C18H19NO5. The summed E-state index contributed by atoms with van der Waals surface area (Å²) in [5.41, 5.74) is 1.15. The molecule has 0 spiro atoms. The molecule has 0 aliphatic carbocycles. The van der Waals surface area contributed by atoms with Crippen LogP contribution in [0.5, 0.6) is 5.75 Å². The summed E-state index contributed by atoms with van der Waals surface area (Å²) in [7, 11) is 0. The van der Waals surface area contributed by atoms with Gasteiger partial charge in [0.1, 0.15) is 12.4 Å². The van der Waals surface area contributed by atoms with E-state index in [1.807, 2.05) is 44.2 Å². The zero-order valence-corrected chi connectivity index (χ0v) is 13.5. The minimum Gasteiger partial charge on any atom is -0.489 e. The average Bonchev–Trinajstić information content (AvgIpc) is 2.55. The van der Waals surface area contributed by atoms with Crippen LogP contribution in [0.4, 0.5) is 10.5 Å². The van der Waals surface area contributed by atoms with Gasteiger partial charge in [-0.15, -0.1) is 0 Å². The Morgan fingerprint density at radius 1 is 1.12 bits per heavy atom. The Kier molecular flexibility index (Phi) is 5.78. The Labute approximate surface area is 140 Å². The number of aromatic carboxylic acids is 1. The fourth-order valence-corrected chi connectivity index (χ4v) is 1.99. The second kappa shape index (κ2) is 8.01. The van der Waals surface area contributed by atoms with E-state index in [9.17, 15) is 9.59 Å². The van der Waals surface area contributed by atoms with Crippen molar-refractivity contribution in [3.8, 4) is 5.75 Å². The number of rotatable bonds is 6. The maximum absolute atomic E-state index is 12.0. The molecule has 0 atom stereocenters. The smallest absolute Gasteiger partial charge is 0.412 e. The fraction of sp³-hybridized carbons (Fsp3) is 0.222. The van der Waals surface area contributed by atoms with E-state index in [0.29, 0.717) is 5.75 Å². The maximum Gasteiger partial charge on any atom is 0.412 e. The zero-order chi connectivity index (χ0) is 17.5. The number of hydrogen-bond acceptors (Lipinski definition) is 4. The molecule has 0 fully saturated rings. The van der Waals surface area contributed by atoms with Crippen LogP contribution in [0, 0.1) is 0 Å². The summed E-state index contributed by atoms with van der Waals surface area (Å²) in [6, 6.07) is 13.5. The van der Waals surface area contributed by atoms with Crippen molar-refractivity contribution >= 4 is 17.7 Å². The normalized spacial score (nSPS) is 10.3. The predicted octanol–water partition coefficient (Wildman–Crippen LogP) is 3.92. The van der Waals surface area contributed by atoms with Gasteiger partial charge in [-0.2, -0.15) is 0 Å². The number of nitrogens with one attached hydrogen (secondary N) is 1. The van der Waals surface area contributed by atoms with Gasteiger partial charge >= 0.3 is 12.1 Å². The summed E-state index contributed by atoms with van der Waals surface area (Å²) in [6.07, 6.45) is -0.809. The van der Waals surface area contributed by atoms with Gasteiger partial charge in [0.2, 0.25) is 0 Å². The van der Waals surface area contributed by atoms with E-state index in [1.165, 1.54) is 18.2 Å². The second-order valence-corrected chi connectivity index (χ2v) is 5.37. The Balaban J connectivity index is 2.09. The molecule has 6 nitrogen and oxygen atoms in total. The van der Waals surface area contributed by atoms with Crippen molar-refractivity contribution in [1.82, 2.24) is 0 Å². The number of carbonyl (C=O) groups excluding carboxylic acids is 1. The molecule has 6 heteroatoms. The molecule has 0 bridgehead atoms. The summed E-state index contributed by atoms with van der Waals surface area (Å²) in [5.74, 6) is -0.710. The van der Waals surface area contributed by atoms with Gasteiger partial charge in [-0.3, -0.25) is 5.32 Å². The third-order valence-electron chi connectivity index (χ3n) is 3.04. The van der Waals surface area contributed by atoms with Crippen LogP contribution < -0.4 is 10.1 Å². The van der Waals surface area contributed by atoms with Crippen LogP contribution in [0.1, 0.15) is 29.8 Å². The molecule has 0 aromatic heterocycles. The number of amides is 1. The van der Waals surface area contributed by atoms with Crippen molar-refractivity contribution in [3.05, 3.63) is 59.7 Å². The first kappa shape index (κ1) is 17.3. The van der Waals surface area contributed by atoms with E-state index in [1.54, 1.807) is 0 Å². The Morgan fingerprint density at radius 3 is 2.46 bits per heavy atom. The Bertz CT molecular complexity index is 713. The highest BCUT2D eigenvalue weighted by molar-refractivity contribution is 5.93. The van der Waals surface area contributed by atoms with Gasteiger partial charge in [0, 0.05) is 0 Å². The maximum atomic E-state index is 12.0. The van der Waals surface area contributed by atoms with Crippen LogP contribution in [0.15, 0.2) is 48.5 Å². The van der Waals surface area contributed by atoms with Crippen molar-refractivity contribution in [2.45, 2.75) is 26.6 Å². The predicted molar refractivity (Wildman–Crippen MR) is 89.4 cm³/mol. The third kappa shape index (κ3) is 5.01. The first-order valence-corrected chi connectivity index (χ1v) is 7.47. The zero-order valence-electron chi connectivity index (χ0n) is 13.5. The Morgan fingerprint density at radius 2 is 1.83 bits per heavy atom. The number of carboxylic acid groups (broad SMARTS) is 1. The van der Waals surface area contributed by atoms with Crippen molar-refractivity contribution < 1.29 is 24.2 Å². The molecule has 0 aliphatic rings. The van der Waals surface area contributed by atoms with Crippen LogP contribution in [-0.2, 0) is 11.3 Å². The van der Waals surface area contributed by atoms with Gasteiger partial charge in [0.15, 0.2) is 0 Å². The molecule has 0 aliphatic heterocycles. The molecule has 1 amide bonds. The van der Waals surface area contributed by atoms with E-state index >= 15 is 0 Å². The van der Waals surface area contributed by atoms with Crippen LogP contribution in [-0.4, -0.2) is 23.3 Å². The molecule has 0 radical (unpaired) electrons. The SMILES string of the molecule is CC(C)Oc1ccc(C(=O)O)cc1NC(=O)OCc1ccccc1. The van der Waals surface area contributed by atoms with E-state index < -0.39 is 12.1 Å². The molecule has 0 heterocycles. The van der Waals surface area contributed by atoms with Crippen molar-refractivity contribution in [2.24, 2.45) is 0 Å². The molecular weight excluding hydrogens is 310 g/mol. The highest BCUT2D eigenvalue weighted by Crippen LogP contribution is 2.27. The number of carboxylic acids is 1. The molecule has 0 unspecified atom stereocenters. The minimum absolute atomic E-state index is 0.0458. The number of hydrogen-bond donors (Lipinski definition) is 2. The Hall–Kier alpha value is -3.02. The summed E-state index contributed by atoms with van der Waals surface area (Å²) < 4.78 is 10.7. The minimum atomic E-state index is -1.09. The lowest BCUT2D eigenvalue weighted by atomic mass is 10.2. The lowest BCUT2D eigenvalue weighted by Crippen LogP contribution is -2.16. The van der Waals surface area contributed by atoms with Crippen molar-refractivity contribution in [2.75, 3.05) is 5.32 Å². The highest BCUT2D eigenvalue weighted by Gasteiger charge is 2.14. The van der Waals surface area contributed by atoms with Gasteiger partial charge in [-0.1, -0.05) is 30.3 Å². The quantitative estimate of drug-likeness (QED) is 0.839. The fourth-order valence-electron chi connectivity index (χ4n) is 1.99. The molecule has 0 saturated heterocycles. The van der Waals surface area contributed by atoms with Gasteiger partial charge in [0.05, 0.1) is 17.4 Å². The molecule has 2 aromatic carbocycles. The van der Waals surface area contributed by atoms with Crippen LogP contribution in [0.25, 0.3) is 0 Å². The van der Waals surface area contributed by atoms with E-state index in [2.05, 4.69) is 5.32 Å². The number of carbonyl (C=O) groups is 2. The van der Waals surface area contributed by atoms with Crippen LogP contribution >= 0.6 is 0 Å². The summed E-state index contributed by atoms with van der Waals surface area (Å²) in [4.78, 5) is 23.1. The third-order valence-corrected chi connectivity index (χ3v) is 3.04. The van der Waals surface area contributed by atoms with E-state index in [4.69, 9.17) is 14.6 Å². The monoisotopic (exact) mass is 329 g/mol. The first-order valence-electron chi connectivity index (χ1n) is 7.47. The summed E-state index contributed by atoms with van der Waals surface area (Å²) in [5, 5.41) is 11.6. The van der Waals surface area contributed by atoms with Gasteiger partial charge in [-0.25, -0.2) is 9.59 Å². The summed E-state index contributed by atoms with van der Waals surface area (Å²) in [6.45, 7) is 3.79. The molecule has 0 saturated carbocycles. The van der Waals surface area contributed by atoms with Crippen LogP contribution in [0.2, 0.25) is 0 Å². The average molecular weight is 329 g/mol. The number of anilines is 1. The first-order chi connectivity index (χ1) is 11.5. The lowest BCUT2D eigenvalue weighted by Gasteiger charge is -2.15. The van der Waals surface area contributed by atoms with Crippen LogP contribution in [0.3, 0.4) is 0 Å². The standard InChI is InChI=1S/C18H19NO5/c1-12(2)24-16-9-8-14(17(20)21)10-15(16)19-18(22)23-11-13-6-4-3-5-7-13/h3-10,12H,11H2,1-2H3,(H,19,22)(H,20,21). The highest BCUT2D eigenvalue weighted by atomic mass is 16.5. The number of benzene rings is 2. The topological polar surface area (TPSA) is 84.9 Å². The molecule has 126 valence electrons. The van der Waals surface area contributed by atoms with E-state index in [0.717, 1.165) is 5.56 Å². The lowest BCUT2D eigenvalue weighted by molar-refractivity contribution is 0.0696. The van der Waals surface area contributed by atoms with Crippen molar-refractivity contribution in [3.63, 3.8) is 0 Å². The van der Waals surface area contributed by atoms with Gasteiger partial charge in [-0.05, 0) is 37.6 Å². The molecule has 2 N–H and O–H groups in total. The largest absolute Gasteiger partial charge is 0.489 e. The van der Waals surface area contributed by atoms with E-state index in [-0.39, 0.29) is 24.0 Å². The molecule has 24 heavy (non-hydrogen) atoms. The van der Waals surface area contributed by atoms with Crippen molar-refractivity contribution in [1.29, 1.82) is 0 Å². The molecule has 2 rings (SSSR count). The number of ether oxygens (including phenoxy) is 2.